The first-order chi connectivity index (χ1) is 20.6. The number of aliphatic hydroxyl groups excluding tert-OH is 1. The predicted molar refractivity (Wildman–Crippen MR) is 165 cm³/mol. The number of thiazole rings is 1. The van der Waals surface area contributed by atoms with E-state index in [0.29, 0.717) is 12.1 Å². The SMILES string of the molecule is C[C@H]1[C@@H](CSc2nc3ccccc3s2)O[C@@H](c2ccc(CNC(=O)c3cccnc3)cc2)O[C@H]1c1ccc(CO)cc1. The molecule has 0 radical (unpaired) electrons. The first kappa shape index (κ1) is 28.5. The Labute approximate surface area is 252 Å². The highest BCUT2D eigenvalue weighted by atomic mass is 32.2. The first-order valence-corrected chi connectivity index (χ1v) is 15.6. The van der Waals surface area contributed by atoms with Gasteiger partial charge in [0.1, 0.15) is 0 Å². The zero-order chi connectivity index (χ0) is 28.9. The molecule has 1 aliphatic heterocycles. The van der Waals surface area contributed by atoms with Crippen molar-refractivity contribution in [2.75, 3.05) is 5.75 Å². The Morgan fingerprint density at radius 2 is 1.71 bits per heavy atom. The Morgan fingerprint density at radius 1 is 0.952 bits per heavy atom. The molecule has 5 aromatic rings. The number of carbonyl (C=O) groups is 1. The van der Waals surface area contributed by atoms with Gasteiger partial charge >= 0.3 is 0 Å². The number of fused-ring (bicyclic) bond motifs is 1. The van der Waals surface area contributed by atoms with E-state index in [1.54, 1.807) is 47.6 Å². The first-order valence-electron chi connectivity index (χ1n) is 13.8. The number of carbonyl (C=O) groups excluding carboxylic acids is 1. The van der Waals surface area contributed by atoms with Crippen LogP contribution < -0.4 is 5.32 Å². The topological polar surface area (TPSA) is 93.6 Å². The van der Waals surface area contributed by atoms with Crippen LogP contribution in [-0.2, 0) is 22.6 Å². The van der Waals surface area contributed by atoms with Crippen molar-refractivity contribution in [3.63, 3.8) is 0 Å². The van der Waals surface area contributed by atoms with Crippen molar-refractivity contribution < 1.29 is 19.4 Å². The Balaban J connectivity index is 1.18. The second kappa shape index (κ2) is 13.1. The number of nitrogens with one attached hydrogen (secondary N) is 1. The number of amides is 1. The van der Waals surface area contributed by atoms with E-state index in [4.69, 9.17) is 14.5 Å². The van der Waals surface area contributed by atoms with Crippen molar-refractivity contribution in [3.8, 4) is 0 Å². The van der Waals surface area contributed by atoms with E-state index < -0.39 is 6.29 Å². The maximum absolute atomic E-state index is 12.4. The molecule has 1 saturated heterocycles. The highest BCUT2D eigenvalue weighted by Gasteiger charge is 2.38. The largest absolute Gasteiger partial charge is 0.392 e. The second-order valence-corrected chi connectivity index (χ2v) is 12.5. The van der Waals surface area contributed by atoms with Gasteiger partial charge in [0.15, 0.2) is 10.6 Å². The fourth-order valence-electron chi connectivity index (χ4n) is 4.95. The van der Waals surface area contributed by atoms with Gasteiger partial charge in [0, 0.05) is 36.2 Å². The predicted octanol–water partition coefficient (Wildman–Crippen LogP) is 6.70. The normalized spacial score (nSPS) is 20.4. The summed E-state index contributed by atoms with van der Waals surface area (Å²) in [5.41, 5.74) is 5.35. The van der Waals surface area contributed by atoms with Crippen LogP contribution in [0.1, 0.15) is 51.9 Å². The zero-order valence-corrected chi connectivity index (χ0v) is 24.7. The molecule has 0 aliphatic carbocycles. The van der Waals surface area contributed by atoms with Crippen LogP contribution in [0.25, 0.3) is 10.2 Å². The maximum atomic E-state index is 12.4. The third kappa shape index (κ3) is 6.56. The van der Waals surface area contributed by atoms with Gasteiger partial charge in [-0.25, -0.2) is 4.98 Å². The Morgan fingerprint density at radius 3 is 2.45 bits per heavy atom. The zero-order valence-electron chi connectivity index (χ0n) is 23.1. The lowest BCUT2D eigenvalue weighted by Gasteiger charge is -2.41. The third-order valence-corrected chi connectivity index (χ3v) is 9.67. The summed E-state index contributed by atoms with van der Waals surface area (Å²) in [4.78, 5) is 21.2. The lowest BCUT2D eigenvalue weighted by Crippen LogP contribution is -2.38. The number of para-hydroxylation sites is 1. The van der Waals surface area contributed by atoms with E-state index in [0.717, 1.165) is 37.9 Å². The minimum Gasteiger partial charge on any atom is -0.392 e. The van der Waals surface area contributed by atoms with Gasteiger partial charge in [0.05, 0.1) is 34.6 Å². The fraction of sp³-hybridized carbons (Fsp3) is 0.242. The lowest BCUT2D eigenvalue weighted by molar-refractivity contribution is -0.268. The van der Waals surface area contributed by atoms with Crippen LogP contribution >= 0.6 is 23.1 Å². The molecule has 1 amide bonds. The molecule has 9 heteroatoms. The van der Waals surface area contributed by atoms with Gasteiger partial charge in [-0.1, -0.05) is 79.3 Å². The number of aromatic nitrogens is 2. The number of thioether (sulfide) groups is 1. The molecule has 2 N–H and O–H groups in total. The van der Waals surface area contributed by atoms with Crippen LogP contribution in [0.5, 0.6) is 0 Å². The summed E-state index contributed by atoms with van der Waals surface area (Å²) in [6.45, 7) is 2.57. The van der Waals surface area contributed by atoms with Crippen molar-refractivity contribution in [1.82, 2.24) is 15.3 Å². The number of aliphatic hydroxyl groups is 1. The summed E-state index contributed by atoms with van der Waals surface area (Å²) < 4.78 is 15.4. The molecule has 1 fully saturated rings. The average Bonchev–Trinajstić information content (AvgIpc) is 3.47. The Kier molecular flexibility index (Phi) is 8.92. The monoisotopic (exact) mass is 597 g/mol. The van der Waals surface area contributed by atoms with Crippen molar-refractivity contribution in [3.05, 3.63) is 125 Å². The van der Waals surface area contributed by atoms with Gasteiger partial charge in [-0.3, -0.25) is 9.78 Å². The van der Waals surface area contributed by atoms with E-state index in [-0.39, 0.29) is 30.6 Å². The van der Waals surface area contributed by atoms with Crippen LogP contribution in [0.4, 0.5) is 0 Å². The molecular formula is C33H31N3O4S2. The number of ether oxygens (including phenoxy) is 2. The summed E-state index contributed by atoms with van der Waals surface area (Å²) in [6.07, 6.45) is 2.38. The van der Waals surface area contributed by atoms with Crippen LogP contribution in [0.3, 0.4) is 0 Å². The van der Waals surface area contributed by atoms with Crippen LogP contribution in [0.15, 0.2) is 102 Å². The van der Waals surface area contributed by atoms with Gasteiger partial charge in [-0.15, -0.1) is 11.3 Å². The standard InChI is InChI=1S/C33H31N3O4S2/c1-21-28(20-41-33-36-27-6-2-3-7-29(27)42-33)39-32(40-30(21)24-12-10-23(19-37)11-13-24)25-14-8-22(9-15-25)17-35-31(38)26-5-4-16-34-18-26/h2-16,18,21,28,30,32,37H,17,19-20H2,1H3,(H,35,38)/t21-,28+,30+,32+/m0/s1. The molecule has 0 saturated carbocycles. The van der Waals surface area contributed by atoms with E-state index >= 15 is 0 Å². The molecule has 1 aliphatic rings. The summed E-state index contributed by atoms with van der Waals surface area (Å²) in [6, 6.07) is 27.6. The van der Waals surface area contributed by atoms with Crippen molar-refractivity contribution in [2.24, 2.45) is 5.92 Å². The highest BCUT2D eigenvalue weighted by molar-refractivity contribution is 8.01. The maximum Gasteiger partial charge on any atom is 0.253 e. The molecular weight excluding hydrogens is 567 g/mol. The van der Waals surface area contributed by atoms with Crippen molar-refractivity contribution in [2.45, 2.75) is 42.9 Å². The summed E-state index contributed by atoms with van der Waals surface area (Å²) in [5.74, 6) is 0.665. The van der Waals surface area contributed by atoms with Crippen molar-refractivity contribution in [1.29, 1.82) is 0 Å². The van der Waals surface area contributed by atoms with Gasteiger partial charge in [0.25, 0.3) is 5.91 Å². The quantitative estimate of drug-likeness (QED) is 0.183. The van der Waals surface area contributed by atoms with E-state index in [1.807, 2.05) is 66.7 Å². The number of hydrogen-bond acceptors (Lipinski definition) is 8. The molecule has 0 bridgehead atoms. The molecule has 214 valence electrons. The summed E-state index contributed by atoms with van der Waals surface area (Å²) in [7, 11) is 0. The summed E-state index contributed by atoms with van der Waals surface area (Å²) >= 11 is 3.42. The molecule has 7 nitrogen and oxygen atoms in total. The summed E-state index contributed by atoms with van der Waals surface area (Å²) in [5, 5.41) is 12.5. The number of hydrogen-bond donors (Lipinski definition) is 2. The van der Waals surface area contributed by atoms with Crippen LogP contribution in [0.2, 0.25) is 0 Å². The fourth-order valence-corrected chi connectivity index (χ4v) is 7.21. The number of pyridine rings is 1. The Bertz CT molecular complexity index is 1590. The van der Waals surface area contributed by atoms with Gasteiger partial charge in [-0.2, -0.15) is 0 Å². The molecule has 4 atom stereocenters. The lowest BCUT2D eigenvalue weighted by atomic mass is 9.91. The highest BCUT2D eigenvalue weighted by Crippen LogP contribution is 2.43. The molecule has 0 spiro atoms. The van der Waals surface area contributed by atoms with Crippen LogP contribution in [0, 0.1) is 5.92 Å². The average molecular weight is 598 g/mol. The van der Waals surface area contributed by atoms with Crippen molar-refractivity contribution >= 4 is 39.2 Å². The number of rotatable bonds is 9. The van der Waals surface area contributed by atoms with E-state index in [1.165, 1.54) is 4.70 Å². The molecule has 0 unspecified atom stereocenters. The van der Waals surface area contributed by atoms with Gasteiger partial charge in [-0.05, 0) is 41.0 Å². The third-order valence-electron chi connectivity index (χ3n) is 7.40. The minimum absolute atomic E-state index is 0.00354. The molecule has 2 aromatic heterocycles. The van der Waals surface area contributed by atoms with Gasteiger partial charge < -0.3 is 19.9 Å². The molecule has 3 aromatic carbocycles. The Hall–Kier alpha value is -3.60. The number of benzene rings is 3. The second-order valence-electron chi connectivity index (χ2n) is 10.2. The molecule has 6 rings (SSSR count). The molecule has 42 heavy (non-hydrogen) atoms. The van der Waals surface area contributed by atoms with Crippen LogP contribution in [-0.4, -0.2) is 32.8 Å². The molecule has 3 heterocycles. The number of nitrogens with zero attached hydrogens (tertiary/aromatic N) is 2. The van der Waals surface area contributed by atoms with E-state index in [2.05, 4.69) is 23.3 Å². The smallest absolute Gasteiger partial charge is 0.253 e. The van der Waals surface area contributed by atoms with E-state index in [9.17, 15) is 9.90 Å². The minimum atomic E-state index is -0.552. The van der Waals surface area contributed by atoms with Gasteiger partial charge in [0.2, 0.25) is 0 Å².